The Balaban J connectivity index is 2.84. The zero-order chi connectivity index (χ0) is 24.9. The number of ketones is 1. The second-order valence-electron chi connectivity index (χ2n) is 9.89. The molecule has 0 heterocycles. The van der Waals surface area contributed by atoms with Gasteiger partial charge in [-0.3, -0.25) is 9.59 Å². The number of carbonyl (C=O) groups is 2. The van der Waals surface area contributed by atoms with E-state index in [1.54, 1.807) is 43.3 Å². The molecule has 2 rings (SSSR count). The lowest BCUT2D eigenvalue weighted by Crippen LogP contribution is -2.28. The maximum atomic E-state index is 13.2. The van der Waals surface area contributed by atoms with E-state index in [0.717, 1.165) is 5.56 Å². The molecule has 0 spiro atoms. The molecule has 0 fully saturated rings. The van der Waals surface area contributed by atoms with E-state index >= 15 is 0 Å². The maximum absolute atomic E-state index is 13.2. The van der Waals surface area contributed by atoms with E-state index in [2.05, 4.69) is 0 Å². The highest BCUT2D eigenvalue weighted by Gasteiger charge is 2.31. The highest BCUT2D eigenvalue weighted by atomic mass is 16.5. The molecule has 178 valence electrons. The number of nitrogens with zero attached hydrogens (tertiary/aromatic N) is 1. The van der Waals surface area contributed by atoms with Crippen molar-refractivity contribution in [1.82, 2.24) is 4.90 Å². The summed E-state index contributed by atoms with van der Waals surface area (Å²) < 4.78 is 12.5. The van der Waals surface area contributed by atoms with Crippen LogP contribution in [0.1, 0.15) is 80.3 Å². The normalized spacial score (nSPS) is 11.8. The number of rotatable bonds is 8. The van der Waals surface area contributed by atoms with Crippen LogP contribution >= 0.6 is 0 Å². The monoisotopic (exact) mass is 451 g/mol. The Kier molecular flexibility index (Phi) is 8.48. The molecule has 0 aliphatic carbocycles. The van der Waals surface area contributed by atoms with Crippen molar-refractivity contribution in [2.24, 2.45) is 0 Å². The molecule has 0 atom stereocenters. The molecule has 0 aromatic heterocycles. The first-order chi connectivity index (χ1) is 15.3. The molecule has 5 nitrogen and oxygen atoms in total. The molecule has 5 heteroatoms. The molecular formula is C28H37NO4. The van der Waals surface area contributed by atoms with Crippen molar-refractivity contribution in [3.05, 3.63) is 64.7 Å². The highest BCUT2D eigenvalue weighted by molar-refractivity contribution is 6.07. The fourth-order valence-electron chi connectivity index (χ4n) is 3.53. The summed E-state index contributed by atoms with van der Waals surface area (Å²) in [6.45, 7) is 13.9. The summed E-state index contributed by atoms with van der Waals surface area (Å²) >= 11 is 0. The van der Waals surface area contributed by atoms with Gasteiger partial charge >= 0.3 is 0 Å². The van der Waals surface area contributed by atoms with Crippen molar-refractivity contribution in [1.29, 1.82) is 0 Å². The standard InChI is InChI=1S/C28H37NO4/c1-18(2)32-24-17-22(27(31)29(8)9)25(28(5,6)7)26(33-19(3)4)21(24)15-16-23(30)20-13-11-10-12-14-20/h10-19H,1-9H3. The van der Waals surface area contributed by atoms with Crippen LogP contribution in [0.2, 0.25) is 0 Å². The number of carbonyl (C=O) groups excluding carboxylic acids is 2. The third-order valence-corrected chi connectivity index (χ3v) is 4.84. The van der Waals surface area contributed by atoms with Crippen LogP contribution in [0.5, 0.6) is 11.5 Å². The summed E-state index contributed by atoms with van der Waals surface area (Å²) in [5.74, 6) is 0.833. The van der Waals surface area contributed by atoms with Crippen LogP contribution in [0.3, 0.4) is 0 Å². The number of amides is 1. The second-order valence-corrected chi connectivity index (χ2v) is 9.89. The van der Waals surface area contributed by atoms with Crippen LogP contribution in [-0.4, -0.2) is 42.9 Å². The minimum absolute atomic E-state index is 0.118. The molecule has 0 N–H and O–H groups in total. The quantitative estimate of drug-likeness (QED) is 0.356. The third-order valence-electron chi connectivity index (χ3n) is 4.84. The first kappa shape index (κ1) is 26.2. The summed E-state index contributed by atoms with van der Waals surface area (Å²) in [6, 6.07) is 10.9. The number of benzene rings is 2. The third kappa shape index (κ3) is 6.70. The zero-order valence-electron chi connectivity index (χ0n) is 21.4. The molecule has 1 amide bonds. The highest BCUT2D eigenvalue weighted by Crippen LogP contribution is 2.43. The van der Waals surface area contributed by atoms with Gasteiger partial charge in [0.05, 0.1) is 23.3 Å². The molecule has 0 unspecified atom stereocenters. The Bertz CT molecular complexity index is 1010. The average Bonchev–Trinajstić information content (AvgIpc) is 2.70. The van der Waals surface area contributed by atoms with Crippen molar-refractivity contribution >= 4 is 17.8 Å². The Morgan fingerprint density at radius 2 is 1.52 bits per heavy atom. The van der Waals surface area contributed by atoms with Crippen LogP contribution < -0.4 is 9.47 Å². The van der Waals surface area contributed by atoms with Crippen LogP contribution in [0.4, 0.5) is 0 Å². The van der Waals surface area contributed by atoms with Gasteiger partial charge in [0.25, 0.3) is 5.91 Å². The fraction of sp³-hybridized carbons (Fsp3) is 0.429. The molecule has 2 aromatic rings. The van der Waals surface area contributed by atoms with Gasteiger partial charge in [-0.25, -0.2) is 0 Å². The van der Waals surface area contributed by atoms with Gasteiger partial charge in [0.1, 0.15) is 11.5 Å². The van der Waals surface area contributed by atoms with Crippen molar-refractivity contribution in [3.8, 4) is 11.5 Å². The Labute approximate surface area is 198 Å². The molecule has 0 aliphatic rings. The number of allylic oxidation sites excluding steroid dienone is 1. The molecule has 0 saturated carbocycles. The summed E-state index contributed by atoms with van der Waals surface area (Å²) in [7, 11) is 3.46. The smallest absolute Gasteiger partial charge is 0.253 e. The summed E-state index contributed by atoms with van der Waals surface area (Å²) in [6.07, 6.45) is 3.01. The summed E-state index contributed by atoms with van der Waals surface area (Å²) in [5.41, 5.74) is 2.18. The minimum Gasteiger partial charge on any atom is -0.490 e. The van der Waals surface area contributed by atoms with E-state index in [1.165, 1.54) is 6.08 Å². The van der Waals surface area contributed by atoms with Crippen LogP contribution in [0.15, 0.2) is 42.5 Å². The molecule has 0 radical (unpaired) electrons. The molecule has 33 heavy (non-hydrogen) atoms. The predicted molar refractivity (Wildman–Crippen MR) is 134 cm³/mol. The first-order valence-corrected chi connectivity index (χ1v) is 11.4. The van der Waals surface area contributed by atoms with E-state index in [0.29, 0.717) is 28.2 Å². The van der Waals surface area contributed by atoms with E-state index < -0.39 is 5.41 Å². The van der Waals surface area contributed by atoms with Gasteiger partial charge in [0.2, 0.25) is 0 Å². The van der Waals surface area contributed by atoms with Gasteiger partial charge in [0.15, 0.2) is 5.78 Å². The fourth-order valence-corrected chi connectivity index (χ4v) is 3.53. The van der Waals surface area contributed by atoms with Crippen molar-refractivity contribution in [3.63, 3.8) is 0 Å². The molecular weight excluding hydrogens is 414 g/mol. The van der Waals surface area contributed by atoms with Crippen molar-refractivity contribution < 1.29 is 19.1 Å². The zero-order valence-corrected chi connectivity index (χ0v) is 21.4. The van der Waals surface area contributed by atoms with Gasteiger partial charge < -0.3 is 14.4 Å². The number of hydrogen-bond donors (Lipinski definition) is 0. The van der Waals surface area contributed by atoms with Gasteiger partial charge in [-0.15, -0.1) is 0 Å². The molecule has 0 aliphatic heterocycles. The lowest BCUT2D eigenvalue weighted by Gasteiger charge is -2.30. The largest absolute Gasteiger partial charge is 0.490 e. The van der Waals surface area contributed by atoms with E-state index in [-0.39, 0.29) is 23.9 Å². The van der Waals surface area contributed by atoms with Gasteiger partial charge in [-0.1, -0.05) is 51.1 Å². The van der Waals surface area contributed by atoms with Crippen molar-refractivity contribution in [2.75, 3.05) is 14.1 Å². The lowest BCUT2D eigenvalue weighted by atomic mass is 9.81. The average molecular weight is 452 g/mol. The topological polar surface area (TPSA) is 55.8 Å². The Morgan fingerprint density at radius 3 is 2.00 bits per heavy atom. The van der Waals surface area contributed by atoms with Gasteiger partial charge in [-0.2, -0.15) is 0 Å². The first-order valence-electron chi connectivity index (χ1n) is 11.4. The van der Waals surface area contributed by atoms with Crippen LogP contribution in [0, 0.1) is 0 Å². The molecule has 0 bridgehead atoms. The maximum Gasteiger partial charge on any atom is 0.253 e. The summed E-state index contributed by atoms with van der Waals surface area (Å²) in [5, 5.41) is 0. The molecule has 0 saturated heterocycles. The lowest BCUT2D eigenvalue weighted by molar-refractivity contribution is 0.0822. The SMILES string of the molecule is CC(C)Oc1cc(C(=O)N(C)C)c(C(C)(C)C)c(OC(C)C)c1C=CC(=O)c1ccccc1. The molecule has 2 aromatic carbocycles. The van der Waals surface area contributed by atoms with E-state index in [9.17, 15) is 9.59 Å². The number of ether oxygens (including phenoxy) is 2. The Morgan fingerprint density at radius 1 is 0.939 bits per heavy atom. The second kappa shape index (κ2) is 10.7. The Hall–Kier alpha value is -3.08. The predicted octanol–water partition coefficient (Wildman–Crippen LogP) is 6.16. The van der Waals surface area contributed by atoms with Crippen molar-refractivity contribution in [2.45, 2.75) is 66.1 Å². The summed E-state index contributed by atoms with van der Waals surface area (Å²) in [4.78, 5) is 27.5. The van der Waals surface area contributed by atoms with Gasteiger partial charge in [0, 0.05) is 25.2 Å². The van der Waals surface area contributed by atoms with Crippen LogP contribution in [-0.2, 0) is 5.41 Å². The minimum atomic E-state index is -0.395. The van der Waals surface area contributed by atoms with E-state index in [4.69, 9.17) is 9.47 Å². The van der Waals surface area contributed by atoms with Crippen LogP contribution in [0.25, 0.3) is 6.08 Å². The van der Waals surface area contributed by atoms with E-state index in [1.807, 2.05) is 66.7 Å². The van der Waals surface area contributed by atoms with Gasteiger partial charge in [-0.05, 0) is 51.3 Å². The number of hydrogen-bond acceptors (Lipinski definition) is 4.